The van der Waals surface area contributed by atoms with Crippen LogP contribution < -0.4 is 0 Å². The minimum absolute atomic E-state index is 0.0214. The van der Waals surface area contributed by atoms with Crippen molar-refractivity contribution >= 4 is 14.3 Å². The first kappa shape index (κ1) is 15.0. The van der Waals surface area contributed by atoms with Crippen LogP contribution in [-0.4, -0.2) is 38.2 Å². The van der Waals surface area contributed by atoms with Crippen molar-refractivity contribution in [2.45, 2.75) is 64.0 Å². The third-order valence-corrected chi connectivity index (χ3v) is 9.87. The van der Waals surface area contributed by atoms with Crippen LogP contribution in [0, 0.1) is 11.8 Å². The largest absolute Gasteiger partial charge is 0.462 e. The first-order valence-corrected chi connectivity index (χ1v) is 10.1. The molecule has 0 aromatic carbocycles. The first-order valence-electron chi connectivity index (χ1n) is 7.57. The number of aliphatic hydroxyl groups is 1. The zero-order valence-corrected chi connectivity index (χ0v) is 13.2. The lowest BCUT2D eigenvalue weighted by molar-refractivity contribution is -0.141. The number of hydrogen-bond acceptors (Lipinski definition) is 4. The minimum Gasteiger partial charge on any atom is -0.462 e. The second-order valence-electron chi connectivity index (χ2n) is 5.88. The fraction of sp³-hybridized carbons (Fsp3) is 0.929. The van der Waals surface area contributed by atoms with Gasteiger partial charge in [0.25, 0.3) is 0 Å². The van der Waals surface area contributed by atoms with Gasteiger partial charge in [0.05, 0.1) is 12.5 Å². The van der Waals surface area contributed by atoms with E-state index in [0.717, 1.165) is 24.6 Å². The summed E-state index contributed by atoms with van der Waals surface area (Å²) in [5, 5.41) is 9.65. The molecule has 5 heteroatoms. The van der Waals surface area contributed by atoms with E-state index in [9.17, 15) is 9.90 Å². The topological polar surface area (TPSA) is 55.8 Å². The van der Waals surface area contributed by atoms with Gasteiger partial charge in [-0.3, -0.25) is 4.79 Å². The highest BCUT2D eigenvalue weighted by Gasteiger charge is 2.51. The molecule has 1 heterocycles. The molecule has 0 unspecified atom stereocenters. The lowest BCUT2D eigenvalue weighted by Crippen LogP contribution is -2.42. The quantitative estimate of drug-likeness (QED) is 0.601. The highest BCUT2D eigenvalue weighted by Crippen LogP contribution is 2.44. The van der Waals surface area contributed by atoms with Crippen molar-refractivity contribution < 1.29 is 19.1 Å². The van der Waals surface area contributed by atoms with Gasteiger partial charge in [-0.2, -0.15) is 0 Å². The highest BCUT2D eigenvalue weighted by atomic mass is 28.4. The average molecular weight is 286 g/mol. The summed E-state index contributed by atoms with van der Waals surface area (Å²) in [7, 11) is -1.66. The van der Waals surface area contributed by atoms with Gasteiger partial charge in [0.15, 0.2) is 8.32 Å². The fourth-order valence-electron chi connectivity index (χ4n) is 3.67. The second kappa shape index (κ2) is 5.93. The maximum atomic E-state index is 11.3. The summed E-state index contributed by atoms with van der Waals surface area (Å²) in [4.78, 5) is 11.3. The Morgan fingerprint density at radius 2 is 1.95 bits per heavy atom. The van der Waals surface area contributed by atoms with Gasteiger partial charge in [-0.05, 0) is 18.1 Å². The molecule has 1 saturated carbocycles. The van der Waals surface area contributed by atoms with Gasteiger partial charge < -0.3 is 14.3 Å². The second-order valence-corrected chi connectivity index (χ2v) is 10.6. The molecule has 110 valence electrons. The Morgan fingerprint density at radius 3 is 2.47 bits per heavy atom. The van der Waals surface area contributed by atoms with Crippen LogP contribution >= 0.6 is 0 Å². The van der Waals surface area contributed by atoms with Crippen molar-refractivity contribution in [2.24, 2.45) is 11.8 Å². The van der Waals surface area contributed by atoms with Crippen molar-refractivity contribution in [3.8, 4) is 0 Å². The third-order valence-electron chi connectivity index (χ3n) is 5.20. The Labute approximate surface area is 116 Å². The number of carbonyl (C=O) groups excluding carboxylic acids is 1. The van der Waals surface area contributed by atoms with Gasteiger partial charge in [-0.15, -0.1) is 0 Å². The number of esters is 1. The van der Waals surface area contributed by atoms with Crippen LogP contribution in [-0.2, 0) is 14.0 Å². The summed E-state index contributed by atoms with van der Waals surface area (Å²) in [6.45, 7) is 6.74. The molecular weight excluding hydrogens is 260 g/mol. The molecule has 1 aliphatic carbocycles. The molecule has 0 amide bonds. The highest BCUT2D eigenvalue weighted by molar-refractivity contribution is 6.73. The van der Waals surface area contributed by atoms with E-state index in [1.807, 2.05) is 0 Å². The van der Waals surface area contributed by atoms with Crippen LogP contribution in [0.25, 0.3) is 0 Å². The summed E-state index contributed by atoms with van der Waals surface area (Å²) < 4.78 is 11.9. The molecule has 2 rings (SSSR count). The zero-order chi connectivity index (χ0) is 14.0. The standard InChI is InChI=1S/C14H26O4Si/c1-4-19(5-2,6-3)18-13-8-12-10(11(13)9-15)7-14(16)17-12/h10-13,15H,4-9H2,1-3H3/t10-,11-,12+,13-/m1/s1. The lowest BCUT2D eigenvalue weighted by Gasteiger charge is -2.34. The molecule has 0 aromatic rings. The predicted molar refractivity (Wildman–Crippen MR) is 75.2 cm³/mol. The van der Waals surface area contributed by atoms with Crippen LogP contribution in [0.1, 0.15) is 33.6 Å². The van der Waals surface area contributed by atoms with E-state index in [2.05, 4.69) is 20.8 Å². The number of ether oxygens (including phenoxy) is 1. The van der Waals surface area contributed by atoms with Gasteiger partial charge in [0.1, 0.15) is 6.10 Å². The lowest BCUT2D eigenvalue weighted by atomic mass is 9.93. The third kappa shape index (κ3) is 2.73. The van der Waals surface area contributed by atoms with Crippen LogP contribution in [0.15, 0.2) is 0 Å². The Hall–Kier alpha value is -0.393. The molecular formula is C14H26O4Si. The van der Waals surface area contributed by atoms with E-state index < -0.39 is 8.32 Å². The van der Waals surface area contributed by atoms with Crippen LogP contribution in [0.4, 0.5) is 0 Å². The van der Waals surface area contributed by atoms with Crippen molar-refractivity contribution in [1.82, 2.24) is 0 Å². The summed E-state index contributed by atoms with van der Waals surface area (Å²) in [5.41, 5.74) is 0. The molecule has 0 radical (unpaired) electrons. The van der Waals surface area contributed by atoms with E-state index in [0.29, 0.717) is 6.42 Å². The molecule has 1 saturated heterocycles. The Kier molecular flexibility index (Phi) is 4.69. The number of rotatable bonds is 6. The van der Waals surface area contributed by atoms with Gasteiger partial charge in [0, 0.05) is 24.9 Å². The van der Waals surface area contributed by atoms with E-state index in [1.54, 1.807) is 0 Å². The molecule has 4 atom stereocenters. The summed E-state index contributed by atoms with van der Waals surface area (Å²) in [5.74, 6) is 0.129. The maximum Gasteiger partial charge on any atom is 0.306 e. The van der Waals surface area contributed by atoms with E-state index >= 15 is 0 Å². The molecule has 2 aliphatic rings. The summed E-state index contributed by atoms with van der Waals surface area (Å²) in [6.07, 6.45) is 1.29. The van der Waals surface area contributed by atoms with E-state index in [1.165, 1.54) is 0 Å². The molecule has 4 nitrogen and oxygen atoms in total. The Balaban J connectivity index is 2.07. The van der Waals surface area contributed by atoms with Crippen molar-refractivity contribution in [2.75, 3.05) is 6.61 Å². The smallest absolute Gasteiger partial charge is 0.306 e. The van der Waals surface area contributed by atoms with Crippen LogP contribution in [0.2, 0.25) is 18.1 Å². The summed E-state index contributed by atoms with van der Waals surface area (Å²) in [6, 6.07) is 3.34. The molecule has 0 spiro atoms. The maximum absolute atomic E-state index is 11.3. The SMILES string of the molecule is CC[Si](CC)(CC)O[C@@H]1C[C@@H]2OC(=O)C[C@@H]2[C@H]1CO. The van der Waals surface area contributed by atoms with Gasteiger partial charge in [-0.1, -0.05) is 20.8 Å². The van der Waals surface area contributed by atoms with E-state index in [-0.39, 0.29) is 36.6 Å². The molecule has 19 heavy (non-hydrogen) atoms. The normalized spacial score (nSPS) is 34.4. The Bertz CT molecular complexity index is 321. The number of fused-ring (bicyclic) bond motifs is 1. The number of carbonyl (C=O) groups is 1. The van der Waals surface area contributed by atoms with Crippen molar-refractivity contribution in [3.63, 3.8) is 0 Å². The zero-order valence-electron chi connectivity index (χ0n) is 12.2. The summed E-state index contributed by atoms with van der Waals surface area (Å²) >= 11 is 0. The molecule has 2 fully saturated rings. The molecule has 0 bridgehead atoms. The van der Waals surface area contributed by atoms with Crippen LogP contribution in [0.3, 0.4) is 0 Å². The number of hydrogen-bond donors (Lipinski definition) is 1. The van der Waals surface area contributed by atoms with Crippen LogP contribution in [0.5, 0.6) is 0 Å². The monoisotopic (exact) mass is 286 g/mol. The predicted octanol–water partition coefficient (Wildman–Crippen LogP) is 2.32. The Morgan fingerprint density at radius 1 is 1.32 bits per heavy atom. The minimum atomic E-state index is -1.66. The van der Waals surface area contributed by atoms with Gasteiger partial charge >= 0.3 is 5.97 Å². The van der Waals surface area contributed by atoms with Gasteiger partial charge in [0.2, 0.25) is 0 Å². The van der Waals surface area contributed by atoms with E-state index in [4.69, 9.17) is 9.16 Å². The average Bonchev–Trinajstić information content (AvgIpc) is 2.91. The molecule has 0 aromatic heterocycles. The number of aliphatic hydroxyl groups excluding tert-OH is 1. The molecule has 1 N–H and O–H groups in total. The fourth-order valence-corrected chi connectivity index (χ4v) is 6.58. The first-order chi connectivity index (χ1) is 9.09. The molecule has 1 aliphatic heterocycles. The van der Waals surface area contributed by atoms with Gasteiger partial charge in [-0.25, -0.2) is 0 Å². The van der Waals surface area contributed by atoms with Crippen molar-refractivity contribution in [3.05, 3.63) is 0 Å². The van der Waals surface area contributed by atoms with Crippen molar-refractivity contribution in [1.29, 1.82) is 0 Å².